The topological polar surface area (TPSA) is 116 Å². The Hall–Kier alpha value is -2.56. The lowest BCUT2D eigenvalue weighted by Gasteiger charge is -2.17. The first-order valence-corrected chi connectivity index (χ1v) is 11.4. The molecule has 156 valence electrons. The van der Waals surface area contributed by atoms with Crippen LogP contribution in [-0.2, 0) is 30.3 Å². The highest BCUT2D eigenvalue weighted by molar-refractivity contribution is 7.89. The highest BCUT2D eigenvalue weighted by atomic mass is 32.2. The molecule has 0 saturated carbocycles. The Bertz CT molecular complexity index is 1050. The van der Waals surface area contributed by atoms with E-state index in [1.807, 2.05) is 0 Å². The molecular weight excluding hydrogens is 418 g/mol. The van der Waals surface area contributed by atoms with Gasteiger partial charge in [0.25, 0.3) is 0 Å². The molecule has 0 aliphatic carbocycles. The largest absolute Gasteiger partial charge is 0.465 e. The fourth-order valence-electron chi connectivity index (χ4n) is 2.58. The molecule has 2 rings (SSSR count). The number of sulfonamides is 1. The predicted octanol–water partition coefficient (Wildman–Crippen LogP) is 2.04. The number of hydrogen-bond acceptors (Lipinski definition) is 7. The summed E-state index contributed by atoms with van der Waals surface area (Å²) in [4.78, 5) is 24.0. The highest BCUT2D eigenvalue weighted by Gasteiger charge is 2.27. The summed E-state index contributed by atoms with van der Waals surface area (Å²) in [6.07, 6.45) is 1.55. The smallest absolute Gasteiger partial charge is 0.339 e. The number of hydrogen-bond donors (Lipinski definition) is 1. The van der Waals surface area contributed by atoms with Crippen LogP contribution in [0.5, 0.6) is 0 Å². The van der Waals surface area contributed by atoms with Crippen LogP contribution in [0.25, 0.3) is 0 Å². The second kappa shape index (κ2) is 9.29. The van der Waals surface area contributed by atoms with Crippen molar-refractivity contribution >= 4 is 32.8 Å². The SMILES string of the molecule is COC(=O)c1ccc(C(=O)OC)c(S(=O)(=O)NC(C)c2ccc(S(C)=O)cc2)c1. The molecule has 8 nitrogen and oxygen atoms in total. The summed E-state index contributed by atoms with van der Waals surface area (Å²) in [6, 6.07) is 9.50. The van der Waals surface area contributed by atoms with Crippen molar-refractivity contribution in [3.05, 3.63) is 59.2 Å². The van der Waals surface area contributed by atoms with Gasteiger partial charge in [0.1, 0.15) is 0 Å². The van der Waals surface area contributed by atoms with Crippen LogP contribution < -0.4 is 4.72 Å². The van der Waals surface area contributed by atoms with Crippen LogP contribution >= 0.6 is 0 Å². The summed E-state index contributed by atoms with van der Waals surface area (Å²) >= 11 is 0. The molecule has 0 heterocycles. The molecule has 0 saturated heterocycles. The molecule has 0 aromatic heterocycles. The second-order valence-corrected chi connectivity index (χ2v) is 9.12. The molecular formula is C19H21NO7S2. The maximum atomic E-state index is 13.0. The van der Waals surface area contributed by atoms with Gasteiger partial charge in [-0.05, 0) is 42.8 Å². The van der Waals surface area contributed by atoms with Gasteiger partial charge >= 0.3 is 11.9 Å². The standard InChI is InChI=1S/C19H21NO7S2/c1-12(13-5-8-15(9-6-13)28(4)23)20-29(24,25)17-11-14(18(21)26-2)7-10-16(17)19(22)27-3/h5-12,20H,1-4H3. The lowest BCUT2D eigenvalue weighted by molar-refractivity contribution is 0.0583. The molecule has 29 heavy (non-hydrogen) atoms. The normalized spacial score (nSPS) is 13.4. The first-order valence-electron chi connectivity index (χ1n) is 8.37. The Labute approximate surface area is 171 Å². The van der Waals surface area contributed by atoms with Gasteiger partial charge in [0.15, 0.2) is 0 Å². The van der Waals surface area contributed by atoms with Gasteiger partial charge in [-0.2, -0.15) is 0 Å². The minimum Gasteiger partial charge on any atom is -0.465 e. The van der Waals surface area contributed by atoms with Crippen molar-refractivity contribution in [2.75, 3.05) is 20.5 Å². The lowest BCUT2D eigenvalue weighted by atomic mass is 10.1. The van der Waals surface area contributed by atoms with Crippen molar-refractivity contribution in [3.63, 3.8) is 0 Å². The van der Waals surface area contributed by atoms with Crippen molar-refractivity contribution < 1.29 is 31.7 Å². The zero-order valence-electron chi connectivity index (χ0n) is 16.3. The first-order chi connectivity index (χ1) is 13.6. The van der Waals surface area contributed by atoms with Crippen molar-refractivity contribution in [1.29, 1.82) is 0 Å². The van der Waals surface area contributed by atoms with E-state index < -0.39 is 43.7 Å². The van der Waals surface area contributed by atoms with Crippen LogP contribution in [0, 0.1) is 0 Å². The van der Waals surface area contributed by atoms with Crippen LogP contribution in [0.3, 0.4) is 0 Å². The Morgan fingerprint density at radius 1 is 1.00 bits per heavy atom. The molecule has 0 bridgehead atoms. The second-order valence-electron chi connectivity index (χ2n) is 6.06. The van der Waals surface area contributed by atoms with Crippen LogP contribution in [0.4, 0.5) is 0 Å². The third-order valence-electron chi connectivity index (χ3n) is 4.14. The van der Waals surface area contributed by atoms with Crippen molar-refractivity contribution in [3.8, 4) is 0 Å². The fraction of sp³-hybridized carbons (Fsp3) is 0.263. The van der Waals surface area contributed by atoms with E-state index in [1.165, 1.54) is 12.1 Å². The first kappa shape index (κ1) is 22.7. The summed E-state index contributed by atoms with van der Waals surface area (Å²) in [5.41, 5.74) is 0.394. The third-order valence-corrected chi connectivity index (χ3v) is 6.66. The maximum absolute atomic E-state index is 13.0. The van der Waals surface area contributed by atoms with Gasteiger partial charge in [0.2, 0.25) is 10.0 Å². The number of ether oxygens (including phenoxy) is 2. The van der Waals surface area contributed by atoms with Gasteiger partial charge in [-0.15, -0.1) is 0 Å². The van der Waals surface area contributed by atoms with Crippen LogP contribution in [0.15, 0.2) is 52.3 Å². The van der Waals surface area contributed by atoms with E-state index in [0.717, 1.165) is 20.3 Å². The predicted molar refractivity (Wildman–Crippen MR) is 107 cm³/mol. The van der Waals surface area contributed by atoms with Crippen molar-refractivity contribution in [1.82, 2.24) is 4.72 Å². The summed E-state index contributed by atoms with van der Waals surface area (Å²) in [6.45, 7) is 1.62. The summed E-state index contributed by atoms with van der Waals surface area (Å²) in [7, 11) is -3.06. The molecule has 0 amide bonds. The van der Waals surface area contributed by atoms with E-state index in [9.17, 15) is 22.2 Å². The average molecular weight is 440 g/mol. The van der Waals surface area contributed by atoms with E-state index in [-0.39, 0.29) is 11.1 Å². The molecule has 0 fully saturated rings. The zero-order chi connectivity index (χ0) is 21.8. The molecule has 1 N–H and O–H groups in total. The third kappa shape index (κ3) is 5.28. The number of rotatable bonds is 7. The molecule has 2 aromatic rings. The van der Waals surface area contributed by atoms with Crippen LogP contribution in [0.2, 0.25) is 0 Å². The molecule has 0 spiro atoms. The Balaban J connectivity index is 2.43. The van der Waals surface area contributed by atoms with Crippen molar-refractivity contribution in [2.24, 2.45) is 0 Å². The van der Waals surface area contributed by atoms with Gasteiger partial charge in [-0.1, -0.05) is 12.1 Å². The van der Waals surface area contributed by atoms with E-state index >= 15 is 0 Å². The summed E-state index contributed by atoms with van der Waals surface area (Å²) < 4.78 is 49.2. The van der Waals surface area contributed by atoms with Crippen LogP contribution in [-0.4, -0.2) is 45.0 Å². The summed E-state index contributed by atoms with van der Waals surface area (Å²) in [5.74, 6) is -1.60. The Morgan fingerprint density at radius 2 is 1.59 bits per heavy atom. The number of carbonyl (C=O) groups is 2. The average Bonchev–Trinajstić information content (AvgIpc) is 2.71. The number of esters is 2. The quantitative estimate of drug-likeness (QED) is 0.656. The maximum Gasteiger partial charge on any atom is 0.339 e. The molecule has 2 atom stereocenters. The number of nitrogens with one attached hydrogen (secondary N) is 1. The zero-order valence-corrected chi connectivity index (χ0v) is 17.9. The summed E-state index contributed by atoms with van der Waals surface area (Å²) in [5, 5.41) is 0. The lowest BCUT2D eigenvalue weighted by Crippen LogP contribution is -2.29. The molecule has 0 radical (unpaired) electrons. The molecule has 0 aliphatic rings. The fourth-order valence-corrected chi connectivity index (χ4v) is 4.55. The van der Waals surface area contributed by atoms with Crippen molar-refractivity contribution in [2.45, 2.75) is 22.8 Å². The number of methoxy groups -OCH3 is 2. The van der Waals surface area contributed by atoms with E-state index in [4.69, 9.17) is 0 Å². The molecule has 2 aromatic carbocycles. The van der Waals surface area contributed by atoms with E-state index in [0.29, 0.717) is 10.5 Å². The van der Waals surface area contributed by atoms with Gasteiger partial charge < -0.3 is 9.47 Å². The number of benzene rings is 2. The highest BCUT2D eigenvalue weighted by Crippen LogP contribution is 2.23. The van der Waals surface area contributed by atoms with E-state index in [1.54, 1.807) is 37.4 Å². The van der Waals surface area contributed by atoms with Gasteiger partial charge in [0.05, 0.1) is 30.2 Å². The minimum absolute atomic E-state index is 0.0250. The minimum atomic E-state index is -4.20. The molecule has 10 heteroatoms. The molecule has 2 unspecified atom stereocenters. The van der Waals surface area contributed by atoms with Gasteiger partial charge in [-0.3, -0.25) is 4.21 Å². The monoisotopic (exact) mass is 439 g/mol. The van der Waals surface area contributed by atoms with Gasteiger partial charge in [0, 0.05) is 28.0 Å². The Morgan fingerprint density at radius 3 is 2.10 bits per heavy atom. The Kier molecular flexibility index (Phi) is 7.28. The molecule has 0 aliphatic heterocycles. The van der Waals surface area contributed by atoms with Gasteiger partial charge in [-0.25, -0.2) is 22.7 Å². The van der Waals surface area contributed by atoms with E-state index in [2.05, 4.69) is 14.2 Å². The number of carbonyl (C=O) groups excluding carboxylic acids is 2. The van der Waals surface area contributed by atoms with Crippen LogP contribution in [0.1, 0.15) is 39.2 Å².